The van der Waals surface area contributed by atoms with Crippen LogP contribution in [0.1, 0.15) is 19.3 Å². The van der Waals surface area contributed by atoms with Crippen molar-refractivity contribution in [3.63, 3.8) is 0 Å². The molecule has 0 aliphatic rings. The molecule has 0 nitrogen and oxygen atoms in total. The lowest BCUT2D eigenvalue weighted by atomic mass is 10.2. The van der Waals surface area contributed by atoms with Crippen LogP contribution in [-0.2, 0) is 0 Å². The minimum Gasteiger partial charge on any atom is -0.127 e. The molecule has 0 aromatic carbocycles. The van der Waals surface area contributed by atoms with Gasteiger partial charge in [-0.3, -0.25) is 0 Å². The van der Waals surface area contributed by atoms with Gasteiger partial charge in [0.25, 0.3) is 0 Å². The summed E-state index contributed by atoms with van der Waals surface area (Å²) in [5.74, 6) is 0.785. The molecule has 0 rings (SSSR count). The summed E-state index contributed by atoms with van der Waals surface area (Å²) in [6, 6.07) is 1.28. The van der Waals surface area contributed by atoms with Gasteiger partial charge >= 0.3 is 0 Å². The minimum absolute atomic E-state index is 0.167. The summed E-state index contributed by atoms with van der Waals surface area (Å²) in [6.45, 7) is 2.30. The summed E-state index contributed by atoms with van der Waals surface area (Å²) >= 11 is 11.5. The van der Waals surface area contributed by atoms with Crippen LogP contribution in [0.25, 0.3) is 0 Å². The molecule has 0 saturated carbocycles. The Morgan fingerprint density at radius 2 is 2.10 bits per heavy atom. The van der Waals surface area contributed by atoms with E-state index >= 15 is 0 Å². The highest BCUT2D eigenvalue weighted by Crippen LogP contribution is 2.11. The zero-order valence-corrected chi connectivity index (χ0v) is 9.50. The van der Waals surface area contributed by atoms with Crippen molar-refractivity contribution in [1.29, 1.82) is 0 Å². The van der Waals surface area contributed by atoms with Crippen molar-refractivity contribution in [1.82, 2.24) is 0 Å². The molecular formula is C7H16Cl2Si. The first-order chi connectivity index (χ1) is 4.81. The fourth-order valence-electron chi connectivity index (χ4n) is 0.918. The second-order valence-electron chi connectivity index (χ2n) is 2.57. The van der Waals surface area contributed by atoms with Crippen LogP contribution >= 0.6 is 23.2 Å². The number of rotatable bonds is 6. The number of hydrogen-bond acceptors (Lipinski definition) is 0. The van der Waals surface area contributed by atoms with Gasteiger partial charge < -0.3 is 0 Å². The Morgan fingerprint density at radius 1 is 1.40 bits per heavy atom. The molecule has 0 aromatic heterocycles. The summed E-state index contributed by atoms with van der Waals surface area (Å²) < 4.78 is 0. The van der Waals surface area contributed by atoms with Crippen LogP contribution in [-0.4, -0.2) is 20.8 Å². The van der Waals surface area contributed by atoms with Crippen LogP contribution in [0.4, 0.5) is 0 Å². The average Bonchev–Trinajstić information content (AvgIpc) is 1.89. The highest BCUT2D eigenvalue weighted by atomic mass is 35.5. The van der Waals surface area contributed by atoms with E-state index in [1.54, 1.807) is 0 Å². The van der Waals surface area contributed by atoms with Crippen molar-refractivity contribution in [2.24, 2.45) is 0 Å². The average molecular weight is 199 g/mol. The van der Waals surface area contributed by atoms with E-state index < -0.39 is 0 Å². The molecule has 0 N–H and O–H groups in total. The molecule has 1 atom stereocenters. The van der Waals surface area contributed by atoms with Gasteiger partial charge in [0.05, 0.1) is 0 Å². The molecule has 1 unspecified atom stereocenters. The van der Waals surface area contributed by atoms with Crippen LogP contribution in [0.5, 0.6) is 0 Å². The lowest BCUT2D eigenvalue weighted by Gasteiger charge is -2.05. The molecule has 0 spiro atoms. The second kappa shape index (κ2) is 7.90. The smallest absolute Gasteiger partial charge is 0.0307 e. The lowest BCUT2D eigenvalue weighted by Crippen LogP contribution is -2.00. The van der Waals surface area contributed by atoms with Gasteiger partial charge in [0.1, 0.15) is 0 Å². The lowest BCUT2D eigenvalue weighted by molar-refractivity contribution is 0.709. The number of alkyl halides is 2. The normalized spacial score (nSPS) is 14.7. The van der Waals surface area contributed by atoms with Gasteiger partial charge in [0, 0.05) is 20.8 Å². The van der Waals surface area contributed by atoms with E-state index in [-0.39, 0.29) is 9.52 Å². The minimum atomic E-state index is 0.167. The quantitative estimate of drug-likeness (QED) is 0.350. The third-order valence-electron chi connectivity index (χ3n) is 1.50. The summed E-state index contributed by atoms with van der Waals surface area (Å²) in [5.41, 5.74) is 0. The van der Waals surface area contributed by atoms with Gasteiger partial charge in [-0.05, 0) is 18.9 Å². The molecule has 10 heavy (non-hydrogen) atoms. The summed E-state index contributed by atoms with van der Waals surface area (Å²) in [6.07, 6.45) is 3.48. The molecule has 62 valence electrons. The Kier molecular flexibility index (Phi) is 8.53. The Labute approximate surface area is 76.1 Å². The predicted octanol–water partition coefficient (Wildman–Crippen LogP) is 2.64. The molecule has 3 heteroatoms. The van der Waals surface area contributed by atoms with Crippen molar-refractivity contribution >= 4 is 32.7 Å². The molecule has 0 saturated heterocycles. The van der Waals surface area contributed by atoms with E-state index in [0.29, 0.717) is 5.38 Å². The molecule has 0 radical (unpaired) electrons. The van der Waals surface area contributed by atoms with Crippen molar-refractivity contribution < 1.29 is 0 Å². The highest BCUT2D eigenvalue weighted by Gasteiger charge is 2.01. The molecule has 0 aliphatic carbocycles. The summed E-state index contributed by atoms with van der Waals surface area (Å²) in [4.78, 5) is 0. The summed E-state index contributed by atoms with van der Waals surface area (Å²) in [5, 5.41) is 0.444. The largest absolute Gasteiger partial charge is 0.127 e. The maximum Gasteiger partial charge on any atom is 0.0307 e. The van der Waals surface area contributed by atoms with Gasteiger partial charge in [-0.1, -0.05) is 13.0 Å². The zero-order valence-electron chi connectivity index (χ0n) is 6.58. The van der Waals surface area contributed by atoms with E-state index in [9.17, 15) is 0 Å². The summed E-state index contributed by atoms with van der Waals surface area (Å²) in [7, 11) is 0.167. The van der Waals surface area contributed by atoms with E-state index in [4.69, 9.17) is 23.2 Å². The van der Waals surface area contributed by atoms with Gasteiger partial charge in [0.15, 0.2) is 0 Å². The number of halogens is 2. The number of unbranched alkanes of at least 4 members (excludes halogenated alkanes) is 1. The molecule has 0 fully saturated rings. The molecule has 0 amide bonds. The van der Waals surface area contributed by atoms with Crippen LogP contribution in [0.3, 0.4) is 0 Å². The Bertz CT molecular complexity index is 68.6. The molecular weight excluding hydrogens is 183 g/mol. The topological polar surface area (TPSA) is 0 Å². The van der Waals surface area contributed by atoms with Gasteiger partial charge in [-0.25, -0.2) is 0 Å². The predicted molar refractivity (Wildman–Crippen MR) is 53.4 cm³/mol. The monoisotopic (exact) mass is 198 g/mol. The first-order valence-electron chi connectivity index (χ1n) is 4.01. The van der Waals surface area contributed by atoms with Crippen LogP contribution < -0.4 is 0 Å². The number of hydrogen-bond donors (Lipinski definition) is 0. The second-order valence-corrected chi connectivity index (χ2v) is 5.14. The molecule has 0 heterocycles. The molecule has 0 bridgehead atoms. The van der Waals surface area contributed by atoms with Crippen molar-refractivity contribution in [2.75, 3.05) is 5.88 Å². The van der Waals surface area contributed by atoms with E-state index in [2.05, 4.69) is 6.55 Å². The van der Waals surface area contributed by atoms with Gasteiger partial charge in [-0.2, -0.15) is 0 Å². The Morgan fingerprint density at radius 3 is 2.60 bits per heavy atom. The van der Waals surface area contributed by atoms with Crippen LogP contribution in [0, 0.1) is 0 Å². The Hall–Kier alpha value is 0.797. The SMILES string of the molecule is C[SiH2]CC(Cl)CCCCCl. The van der Waals surface area contributed by atoms with Gasteiger partial charge in [-0.15, -0.1) is 23.2 Å². The van der Waals surface area contributed by atoms with Crippen molar-refractivity contribution in [2.45, 2.75) is 37.2 Å². The zero-order chi connectivity index (χ0) is 7.82. The maximum atomic E-state index is 6.01. The van der Waals surface area contributed by atoms with E-state index in [1.165, 1.54) is 12.5 Å². The Balaban J connectivity index is 2.97. The molecule has 0 aromatic rings. The van der Waals surface area contributed by atoms with Gasteiger partial charge in [0.2, 0.25) is 0 Å². The van der Waals surface area contributed by atoms with Crippen LogP contribution in [0.15, 0.2) is 0 Å². The van der Waals surface area contributed by atoms with E-state index in [0.717, 1.165) is 18.7 Å². The fourth-order valence-corrected chi connectivity index (χ4v) is 2.83. The van der Waals surface area contributed by atoms with Crippen molar-refractivity contribution in [3.8, 4) is 0 Å². The van der Waals surface area contributed by atoms with Crippen molar-refractivity contribution in [3.05, 3.63) is 0 Å². The first-order valence-corrected chi connectivity index (χ1v) is 7.39. The third-order valence-corrected chi connectivity index (χ3v) is 3.85. The molecule has 0 aliphatic heterocycles. The maximum absolute atomic E-state index is 6.01. The third kappa shape index (κ3) is 6.91. The highest BCUT2D eigenvalue weighted by molar-refractivity contribution is 6.37. The van der Waals surface area contributed by atoms with E-state index in [1.807, 2.05) is 0 Å². The standard InChI is InChI=1S/C7H16Cl2Si/c1-10-6-7(9)4-2-3-5-8/h7H,2-6,10H2,1H3. The van der Waals surface area contributed by atoms with Crippen LogP contribution in [0.2, 0.25) is 12.6 Å². The fraction of sp³-hybridized carbons (Fsp3) is 1.00. The first kappa shape index (κ1) is 10.8.